The lowest BCUT2D eigenvalue weighted by Gasteiger charge is -2.01. The molecular formula is C20H12BrCl2N3. The van der Waals surface area contributed by atoms with E-state index in [1.807, 2.05) is 71.3 Å². The molecule has 0 unspecified atom stereocenters. The molecule has 0 spiro atoms. The number of fused-ring (bicyclic) bond motifs is 1. The molecule has 4 aromatic rings. The van der Waals surface area contributed by atoms with Gasteiger partial charge in [-0.05, 0) is 57.9 Å². The van der Waals surface area contributed by atoms with E-state index in [9.17, 15) is 0 Å². The van der Waals surface area contributed by atoms with Gasteiger partial charge in [0.05, 0.1) is 0 Å². The van der Waals surface area contributed by atoms with Crippen molar-refractivity contribution < 1.29 is 0 Å². The second-order valence-corrected chi connectivity index (χ2v) is 7.46. The molecular weight excluding hydrogens is 433 g/mol. The molecule has 26 heavy (non-hydrogen) atoms. The Morgan fingerprint density at radius 3 is 2.23 bits per heavy atom. The molecule has 0 fully saturated rings. The van der Waals surface area contributed by atoms with Crippen LogP contribution in [0.1, 0.15) is 5.56 Å². The molecule has 0 saturated carbocycles. The molecule has 0 amide bonds. The van der Waals surface area contributed by atoms with E-state index in [1.165, 1.54) is 0 Å². The molecule has 0 saturated heterocycles. The molecule has 0 aliphatic rings. The van der Waals surface area contributed by atoms with Crippen molar-refractivity contribution >= 4 is 56.8 Å². The first-order valence-electron chi connectivity index (χ1n) is 7.83. The predicted molar refractivity (Wildman–Crippen MR) is 112 cm³/mol. The Bertz CT molecular complexity index is 1100. The lowest BCUT2D eigenvalue weighted by Crippen LogP contribution is -1.86. The first kappa shape index (κ1) is 17.3. The van der Waals surface area contributed by atoms with Gasteiger partial charge in [0, 0.05) is 32.5 Å². The third-order valence-corrected chi connectivity index (χ3v) is 4.85. The summed E-state index contributed by atoms with van der Waals surface area (Å²) in [6, 6.07) is 19.0. The molecule has 0 aliphatic carbocycles. The van der Waals surface area contributed by atoms with Crippen LogP contribution in [0.5, 0.6) is 0 Å². The van der Waals surface area contributed by atoms with E-state index >= 15 is 0 Å². The van der Waals surface area contributed by atoms with Crippen LogP contribution in [0.25, 0.3) is 16.9 Å². The fourth-order valence-corrected chi connectivity index (χ4v) is 3.20. The van der Waals surface area contributed by atoms with Crippen LogP contribution in [-0.4, -0.2) is 15.6 Å². The molecule has 2 heterocycles. The number of pyridine rings is 1. The summed E-state index contributed by atoms with van der Waals surface area (Å²) in [5.74, 6) is 0.749. The van der Waals surface area contributed by atoms with Gasteiger partial charge in [0.15, 0.2) is 5.82 Å². The summed E-state index contributed by atoms with van der Waals surface area (Å²) < 4.78 is 2.91. The minimum Gasteiger partial charge on any atom is -0.283 e. The monoisotopic (exact) mass is 443 g/mol. The first-order valence-corrected chi connectivity index (χ1v) is 9.38. The number of hydrogen-bond donors (Lipinski definition) is 0. The summed E-state index contributed by atoms with van der Waals surface area (Å²) in [5, 5.41) is 1.38. The van der Waals surface area contributed by atoms with E-state index < -0.39 is 0 Å². The zero-order chi connectivity index (χ0) is 18.1. The van der Waals surface area contributed by atoms with Crippen molar-refractivity contribution in [2.45, 2.75) is 0 Å². The molecule has 0 bridgehead atoms. The van der Waals surface area contributed by atoms with Crippen molar-refractivity contribution in [3.05, 3.63) is 86.9 Å². The van der Waals surface area contributed by atoms with E-state index in [4.69, 9.17) is 33.2 Å². The third kappa shape index (κ3) is 3.54. The quantitative estimate of drug-likeness (QED) is 0.318. The zero-order valence-corrected chi connectivity index (χ0v) is 16.5. The highest BCUT2D eigenvalue weighted by Gasteiger charge is 2.13. The number of hydrogen-bond acceptors (Lipinski definition) is 2. The predicted octanol–water partition coefficient (Wildman–Crippen LogP) is 6.82. The van der Waals surface area contributed by atoms with Gasteiger partial charge in [0.1, 0.15) is 11.3 Å². The molecule has 6 heteroatoms. The standard InChI is InChI=1S/C20H12BrCl2N3/c21-15-5-10-18-25-19(14-3-8-17(23)9-4-14)20(26(18)12-15)24-11-13-1-6-16(22)7-2-13/h1-12H/b24-11+. The Labute approximate surface area is 169 Å². The lowest BCUT2D eigenvalue weighted by molar-refractivity contribution is 1.16. The van der Waals surface area contributed by atoms with Gasteiger partial charge in [-0.2, -0.15) is 0 Å². The van der Waals surface area contributed by atoms with Crippen molar-refractivity contribution in [1.29, 1.82) is 0 Å². The van der Waals surface area contributed by atoms with Gasteiger partial charge in [0.25, 0.3) is 0 Å². The van der Waals surface area contributed by atoms with Gasteiger partial charge in [-0.3, -0.25) is 4.40 Å². The Balaban J connectivity index is 1.87. The molecule has 4 rings (SSSR count). The number of halogens is 3. The fourth-order valence-electron chi connectivity index (χ4n) is 2.62. The van der Waals surface area contributed by atoms with E-state index in [-0.39, 0.29) is 0 Å². The van der Waals surface area contributed by atoms with Crippen LogP contribution in [0, 0.1) is 0 Å². The average molecular weight is 445 g/mol. The molecule has 3 nitrogen and oxygen atoms in total. The van der Waals surface area contributed by atoms with Gasteiger partial charge in [-0.15, -0.1) is 0 Å². The molecule has 0 radical (unpaired) electrons. The fraction of sp³-hybridized carbons (Fsp3) is 0. The van der Waals surface area contributed by atoms with Crippen LogP contribution >= 0.6 is 39.1 Å². The second-order valence-electron chi connectivity index (χ2n) is 5.68. The largest absolute Gasteiger partial charge is 0.283 e. The number of rotatable bonds is 3. The summed E-state index contributed by atoms with van der Waals surface area (Å²) in [6.45, 7) is 0. The van der Waals surface area contributed by atoms with Gasteiger partial charge < -0.3 is 0 Å². The van der Waals surface area contributed by atoms with Crippen LogP contribution in [0.15, 0.2) is 76.3 Å². The first-order chi connectivity index (χ1) is 12.6. The van der Waals surface area contributed by atoms with Gasteiger partial charge in [-0.25, -0.2) is 9.98 Å². The number of nitrogens with zero attached hydrogens (tertiary/aromatic N) is 3. The highest BCUT2D eigenvalue weighted by molar-refractivity contribution is 9.10. The molecule has 0 aliphatic heterocycles. The highest BCUT2D eigenvalue weighted by Crippen LogP contribution is 2.32. The van der Waals surface area contributed by atoms with Gasteiger partial charge >= 0.3 is 0 Å². The van der Waals surface area contributed by atoms with Crippen molar-refractivity contribution in [1.82, 2.24) is 9.38 Å². The van der Waals surface area contributed by atoms with E-state index in [0.717, 1.165) is 32.8 Å². The van der Waals surface area contributed by atoms with Crippen molar-refractivity contribution in [3.63, 3.8) is 0 Å². The van der Waals surface area contributed by atoms with Crippen LogP contribution in [0.4, 0.5) is 5.82 Å². The molecule has 0 N–H and O–H groups in total. The van der Waals surface area contributed by atoms with Crippen LogP contribution in [0.2, 0.25) is 10.0 Å². The normalized spacial score (nSPS) is 11.5. The molecule has 2 aromatic heterocycles. The topological polar surface area (TPSA) is 29.7 Å². The number of benzene rings is 2. The average Bonchev–Trinajstić information content (AvgIpc) is 2.99. The Morgan fingerprint density at radius 1 is 0.885 bits per heavy atom. The van der Waals surface area contributed by atoms with E-state index in [1.54, 1.807) is 6.21 Å². The zero-order valence-electron chi connectivity index (χ0n) is 13.4. The van der Waals surface area contributed by atoms with Crippen molar-refractivity contribution in [2.24, 2.45) is 4.99 Å². The third-order valence-electron chi connectivity index (χ3n) is 3.88. The summed E-state index contributed by atoms with van der Waals surface area (Å²) >= 11 is 15.5. The maximum absolute atomic E-state index is 6.02. The molecule has 2 aromatic carbocycles. The summed E-state index contributed by atoms with van der Waals surface area (Å²) in [6.07, 6.45) is 3.76. The SMILES string of the molecule is Clc1ccc(/C=N/c2c(-c3ccc(Cl)cc3)nc3ccc(Br)cn23)cc1. The minimum atomic E-state index is 0.687. The van der Waals surface area contributed by atoms with Crippen LogP contribution < -0.4 is 0 Å². The van der Waals surface area contributed by atoms with E-state index in [2.05, 4.69) is 15.9 Å². The number of aliphatic imine (C=N–C) groups is 1. The lowest BCUT2D eigenvalue weighted by atomic mass is 10.1. The van der Waals surface area contributed by atoms with Gasteiger partial charge in [0.2, 0.25) is 0 Å². The number of aromatic nitrogens is 2. The van der Waals surface area contributed by atoms with Gasteiger partial charge in [-0.1, -0.05) is 47.5 Å². The maximum atomic E-state index is 6.02. The summed E-state index contributed by atoms with van der Waals surface area (Å²) in [4.78, 5) is 9.46. The summed E-state index contributed by atoms with van der Waals surface area (Å²) in [7, 11) is 0. The Kier molecular flexibility index (Phi) is 4.81. The highest BCUT2D eigenvalue weighted by atomic mass is 79.9. The van der Waals surface area contributed by atoms with Crippen LogP contribution in [-0.2, 0) is 0 Å². The van der Waals surface area contributed by atoms with Crippen LogP contribution in [0.3, 0.4) is 0 Å². The van der Waals surface area contributed by atoms with Crippen molar-refractivity contribution in [2.75, 3.05) is 0 Å². The maximum Gasteiger partial charge on any atom is 0.165 e. The molecule has 128 valence electrons. The minimum absolute atomic E-state index is 0.687. The van der Waals surface area contributed by atoms with E-state index in [0.29, 0.717) is 10.0 Å². The smallest absolute Gasteiger partial charge is 0.165 e. The Morgan fingerprint density at radius 2 is 1.54 bits per heavy atom. The Hall–Kier alpha value is -2.14. The van der Waals surface area contributed by atoms with Crippen molar-refractivity contribution in [3.8, 4) is 11.3 Å². The molecule has 0 atom stereocenters. The number of imidazole rings is 1. The second kappa shape index (κ2) is 7.23. The summed E-state index contributed by atoms with van der Waals surface area (Å²) in [5.41, 5.74) is 3.53.